The first-order chi connectivity index (χ1) is 12.9. The fourth-order valence-electron chi connectivity index (χ4n) is 2.90. The Labute approximate surface area is 164 Å². The summed E-state index contributed by atoms with van der Waals surface area (Å²) in [5.74, 6) is -0.294. The van der Waals surface area contributed by atoms with Crippen LogP contribution >= 0.6 is 11.6 Å². The number of carbonyl (C=O) groups is 1. The molecule has 6 nitrogen and oxygen atoms in total. The molecular weight excluding hydrogens is 388 g/mol. The van der Waals surface area contributed by atoms with Gasteiger partial charge in [-0.1, -0.05) is 29.8 Å². The fourth-order valence-corrected chi connectivity index (χ4v) is 4.61. The molecule has 0 unspecified atom stereocenters. The summed E-state index contributed by atoms with van der Waals surface area (Å²) in [6.07, 6.45) is 0. The van der Waals surface area contributed by atoms with Crippen molar-refractivity contribution < 1.29 is 17.9 Å². The average Bonchev–Trinajstić information content (AvgIpc) is 2.69. The molecule has 0 aliphatic carbocycles. The number of hydrogen-bond acceptors (Lipinski definition) is 4. The number of nitrogens with one attached hydrogen (secondary N) is 1. The smallest absolute Gasteiger partial charge is 0.251 e. The van der Waals surface area contributed by atoms with Crippen molar-refractivity contribution in [3.63, 3.8) is 0 Å². The summed E-state index contributed by atoms with van der Waals surface area (Å²) in [6, 6.07) is 13.0. The van der Waals surface area contributed by atoms with Gasteiger partial charge < -0.3 is 10.1 Å². The molecule has 3 rings (SSSR count). The first-order valence-electron chi connectivity index (χ1n) is 8.63. The van der Waals surface area contributed by atoms with Crippen LogP contribution in [0.5, 0.6) is 0 Å². The van der Waals surface area contributed by atoms with Crippen molar-refractivity contribution >= 4 is 27.5 Å². The second-order valence-electron chi connectivity index (χ2n) is 6.26. The van der Waals surface area contributed by atoms with E-state index in [1.54, 1.807) is 6.07 Å². The Bertz CT molecular complexity index is 910. The van der Waals surface area contributed by atoms with E-state index in [0.717, 1.165) is 5.56 Å². The van der Waals surface area contributed by atoms with Gasteiger partial charge in [0.15, 0.2) is 0 Å². The van der Waals surface area contributed by atoms with Crippen LogP contribution in [-0.2, 0) is 14.8 Å². The Kier molecular flexibility index (Phi) is 6.16. The maximum Gasteiger partial charge on any atom is 0.251 e. The second-order valence-corrected chi connectivity index (χ2v) is 8.60. The number of ether oxygens (including phenoxy) is 1. The Balaban J connectivity index is 1.71. The molecule has 8 heteroatoms. The second kappa shape index (κ2) is 8.39. The average molecular weight is 409 g/mol. The molecule has 1 heterocycles. The number of hydrogen-bond donors (Lipinski definition) is 1. The lowest BCUT2D eigenvalue weighted by molar-refractivity contribution is 0.0730. The lowest BCUT2D eigenvalue weighted by atomic mass is 10.1. The minimum atomic E-state index is -3.57. The summed E-state index contributed by atoms with van der Waals surface area (Å²) in [4.78, 5) is 12.6. The van der Waals surface area contributed by atoms with Crippen LogP contribution in [-0.4, -0.2) is 44.9 Å². The zero-order chi connectivity index (χ0) is 19.4. The largest absolute Gasteiger partial charge is 0.379 e. The number of amides is 1. The van der Waals surface area contributed by atoms with Crippen molar-refractivity contribution in [1.29, 1.82) is 0 Å². The molecule has 0 saturated carbocycles. The van der Waals surface area contributed by atoms with Gasteiger partial charge in [0.2, 0.25) is 10.0 Å². The van der Waals surface area contributed by atoms with Gasteiger partial charge in [-0.25, -0.2) is 8.42 Å². The van der Waals surface area contributed by atoms with Gasteiger partial charge in [-0.15, -0.1) is 0 Å². The van der Waals surface area contributed by atoms with Crippen LogP contribution in [0.4, 0.5) is 0 Å². The Hall–Kier alpha value is -1.93. The standard InChI is InChI=1S/C19H21ClN2O4S/c1-14(17-4-2-3-5-18(17)20)21-19(23)15-6-8-16(9-7-15)27(24,25)22-10-12-26-13-11-22/h2-9,14H,10-13H2,1H3,(H,21,23)/t14-/m0/s1. The van der Waals surface area contributed by atoms with E-state index in [-0.39, 0.29) is 16.8 Å². The predicted octanol–water partition coefficient (Wildman–Crippen LogP) is 2.85. The van der Waals surface area contributed by atoms with Crippen molar-refractivity contribution in [2.24, 2.45) is 0 Å². The molecule has 2 aromatic carbocycles. The molecule has 2 aromatic rings. The van der Waals surface area contributed by atoms with E-state index in [0.29, 0.717) is 36.9 Å². The van der Waals surface area contributed by atoms with E-state index in [1.807, 2.05) is 25.1 Å². The maximum atomic E-state index is 12.6. The SMILES string of the molecule is C[C@H](NC(=O)c1ccc(S(=O)(=O)N2CCOCC2)cc1)c1ccccc1Cl. The van der Waals surface area contributed by atoms with Crippen molar-refractivity contribution in [2.75, 3.05) is 26.3 Å². The zero-order valence-electron chi connectivity index (χ0n) is 14.9. The van der Waals surface area contributed by atoms with Crippen molar-refractivity contribution in [2.45, 2.75) is 17.9 Å². The number of nitrogens with zero attached hydrogens (tertiary/aromatic N) is 1. The summed E-state index contributed by atoms with van der Waals surface area (Å²) < 4.78 is 31.8. The third-order valence-electron chi connectivity index (χ3n) is 4.44. The molecule has 1 fully saturated rings. The number of morpholine rings is 1. The quantitative estimate of drug-likeness (QED) is 0.825. The molecule has 1 atom stereocenters. The predicted molar refractivity (Wildman–Crippen MR) is 103 cm³/mol. The monoisotopic (exact) mass is 408 g/mol. The molecule has 1 saturated heterocycles. The minimum Gasteiger partial charge on any atom is -0.379 e. The number of halogens is 1. The summed E-state index contributed by atoms with van der Waals surface area (Å²) in [6.45, 7) is 3.29. The topological polar surface area (TPSA) is 75.7 Å². The highest BCUT2D eigenvalue weighted by Crippen LogP contribution is 2.23. The van der Waals surface area contributed by atoms with E-state index < -0.39 is 10.0 Å². The lowest BCUT2D eigenvalue weighted by Gasteiger charge is -2.26. The van der Waals surface area contributed by atoms with Crippen molar-refractivity contribution in [3.05, 3.63) is 64.7 Å². The molecule has 0 radical (unpaired) electrons. The highest BCUT2D eigenvalue weighted by Gasteiger charge is 2.26. The van der Waals surface area contributed by atoms with Gasteiger partial charge in [0.05, 0.1) is 24.2 Å². The van der Waals surface area contributed by atoms with E-state index in [9.17, 15) is 13.2 Å². The van der Waals surface area contributed by atoms with E-state index in [4.69, 9.17) is 16.3 Å². The highest BCUT2D eigenvalue weighted by molar-refractivity contribution is 7.89. The molecule has 0 bridgehead atoms. The van der Waals surface area contributed by atoms with E-state index >= 15 is 0 Å². The third kappa shape index (κ3) is 4.50. The number of benzene rings is 2. The molecule has 0 aromatic heterocycles. The van der Waals surface area contributed by atoms with Gasteiger partial charge in [-0.2, -0.15) is 4.31 Å². The summed E-state index contributed by atoms with van der Waals surface area (Å²) >= 11 is 6.16. The normalized spacial score (nSPS) is 16.7. The van der Waals surface area contributed by atoms with E-state index in [1.165, 1.54) is 28.6 Å². The Morgan fingerprint density at radius 3 is 2.37 bits per heavy atom. The summed E-state index contributed by atoms with van der Waals surface area (Å²) in [7, 11) is -3.57. The van der Waals surface area contributed by atoms with Gasteiger partial charge in [-0.05, 0) is 42.8 Å². The number of rotatable bonds is 5. The van der Waals surface area contributed by atoms with E-state index in [2.05, 4.69) is 5.32 Å². The summed E-state index contributed by atoms with van der Waals surface area (Å²) in [5, 5.41) is 3.46. The molecule has 144 valence electrons. The van der Waals surface area contributed by atoms with Gasteiger partial charge in [0, 0.05) is 23.7 Å². The van der Waals surface area contributed by atoms with Gasteiger partial charge >= 0.3 is 0 Å². The van der Waals surface area contributed by atoms with Gasteiger partial charge in [-0.3, -0.25) is 4.79 Å². The number of carbonyl (C=O) groups excluding carboxylic acids is 1. The molecule has 1 aliphatic heterocycles. The van der Waals surface area contributed by atoms with Crippen LogP contribution in [0.1, 0.15) is 28.9 Å². The number of sulfonamides is 1. The van der Waals surface area contributed by atoms with Crippen LogP contribution in [0, 0.1) is 0 Å². The molecule has 1 N–H and O–H groups in total. The molecule has 0 spiro atoms. The first-order valence-corrected chi connectivity index (χ1v) is 10.4. The molecule has 1 aliphatic rings. The highest BCUT2D eigenvalue weighted by atomic mass is 35.5. The van der Waals surface area contributed by atoms with Crippen LogP contribution in [0.2, 0.25) is 5.02 Å². The zero-order valence-corrected chi connectivity index (χ0v) is 16.5. The van der Waals surface area contributed by atoms with Crippen LogP contribution < -0.4 is 5.32 Å². The van der Waals surface area contributed by atoms with Gasteiger partial charge in [0.1, 0.15) is 0 Å². The van der Waals surface area contributed by atoms with Crippen LogP contribution in [0.15, 0.2) is 53.4 Å². The van der Waals surface area contributed by atoms with Crippen molar-refractivity contribution in [3.8, 4) is 0 Å². The minimum absolute atomic E-state index is 0.167. The molecule has 27 heavy (non-hydrogen) atoms. The fraction of sp³-hybridized carbons (Fsp3) is 0.316. The lowest BCUT2D eigenvalue weighted by Crippen LogP contribution is -2.40. The van der Waals surface area contributed by atoms with Crippen LogP contribution in [0.3, 0.4) is 0 Å². The Morgan fingerprint density at radius 2 is 1.74 bits per heavy atom. The molecule has 1 amide bonds. The maximum absolute atomic E-state index is 12.6. The first kappa shape index (κ1) is 19.8. The van der Waals surface area contributed by atoms with Crippen LogP contribution in [0.25, 0.3) is 0 Å². The molecular formula is C19H21ClN2O4S. The van der Waals surface area contributed by atoms with Crippen molar-refractivity contribution in [1.82, 2.24) is 9.62 Å². The third-order valence-corrected chi connectivity index (χ3v) is 6.70. The Morgan fingerprint density at radius 1 is 1.11 bits per heavy atom. The van der Waals surface area contributed by atoms with Gasteiger partial charge in [0.25, 0.3) is 5.91 Å². The summed E-state index contributed by atoms with van der Waals surface area (Å²) in [5.41, 5.74) is 1.20.